The molecule has 1 amide bonds. The summed E-state index contributed by atoms with van der Waals surface area (Å²) in [5, 5.41) is 15.1. The highest BCUT2D eigenvalue weighted by molar-refractivity contribution is 9.10. The summed E-state index contributed by atoms with van der Waals surface area (Å²) in [6.07, 6.45) is 1.62. The molecule has 1 N–H and O–H groups in total. The van der Waals surface area contributed by atoms with Crippen molar-refractivity contribution in [1.29, 1.82) is 0 Å². The average Bonchev–Trinajstić information content (AvgIpc) is 3.33. The molecule has 0 fully saturated rings. The molecular formula is C30H21BrN4O3. The Labute approximate surface area is 227 Å². The molecule has 0 atom stereocenters. The summed E-state index contributed by atoms with van der Waals surface area (Å²) in [6.45, 7) is 0. The summed E-state index contributed by atoms with van der Waals surface area (Å²) >= 11 is 3.52. The van der Waals surface area contributed by atoms with Crippen molar-refractivity contribution in [3.63, 3.8) is 0 Å². The first-order chi connectivity index (χ1) is 18.5. The quantitative estimate of drug-likeness (QED) is 0.128. The Morgan fingerprint density at radius 1 is 0.842 bits per heavy atom. The van der Waals surface area contributed by atoms with Crippen molar-refractivity contribution >= 4 is 33.7 Å². The lowest BCUT2D eigenvalue weighted by atomic mass is 10.1. The summed E-state index contributed by atoms with van der Waals surface area (Å²) in [6, 6.07) is 35.6. The van der Waals surface area contributed by atoms with Crippen LogP contribution in [-0.2, 0) is 0 Å². The van der Waals surface area contributed by atoms with E-state index in [-0.39, 0.29) is 11.3 Å². The third-order valence-electron chi connectivity index (χ3n) is 5.94. The van der Waals surface area contributed by atoms with Crippen LogP contribution in [0.5, 0.6) is 0 Å². The SMILES string of the molecule is O=C(N/N=C\c1cc(-c2ccccc2)n(-c2ccc(Br)cc2)c1-c1ccccc1)c1ccc([N+](=O)[O-])cc1. The first kappa shape index (κ1) is 24.9. The van der Waals surface area contributed by atoms with E-state index in [4.69, 9.17) is 0 Å². The molecule has 1 heterocycles. The van der Waals surface area contributed by atoms with Crippen molar-refractivity contribution in [3.8, 4) is 28.2 Å². The second-order valence-electron chi connectivity index (χ2n) is 8.38. The van der Waals surface area contributed by atoms with Crippen LogP contribution < -0.4 is 5.43 Å². The van der Waals surface area contributed by atoms with Gasteiger partial charge in [0, 0.05) is 33.4 Å². The molecule has 7 nitrogen and oxygen atoms in total. The van der Waals surface area contributed by atoms with E-state index in [0.29, 0.717) is 0 Å². The van der Waals surface area contributed by atoms with Gasteiger partial charge in [-0.3, -0.25) is 14.9 Å². The van der Waals surface area contributed by atoms with Gasteiger partial charge in [-0.1, -0.05) is 76.6 Å². The highest BCUT2D eigenvalue weighted by Crippen LogP contribution is 2.35. The number of hydrazone groups is 1. The van der Waals surface area contributed by atoms with Gasteiger partial charge in [-0.05, 0) is 53.6 Å². The van der Waals surface area contributed by atoms with Gasteiger partial charge in [0.05, 0.1) is 22.5 Å². The number of rotatable bonds is 7. The molecule has 0 aliphatic carbocycles. The molecule has 0 saturated heterocycles. The molecule has 0 spiro atoms. The number of carbonyl (C=O) groups excluding carboxylic acids is 1. The lowest BCUT2D eigenvalue weighted by Crippen LogP contribution is -2.17. The number of nitro groups is 1. The van der Waals surface area contributed by atoms with Gasteiger partial charge in [0.25, 0.3) is 11.6 Å². The molecule has 8 heteroatoms. The van der Waals surface area contributed by atoms with Crippen molar-refractivity contribution in [2.45, 2.75) is 0 Å². The average molecular weight is 565 g/mol. The Balaban J connectivity index is 1.58. The predicted octanol–water partition coefficient (Wildman–Crippen LogP) is 7.25. The maximum atomic E-state index is 12.6. The predicted molar refractivity (Wildman–Crippen MR) is 152 cm³/mol. The zero-order valence-electron chi connectivity index (χ0n) is 20.0. The third-order valence-corrected chi connectivity index (χ3v) is 6.47. The molecule has 0 unspecified atom stereocenters. The number of nitrogens with zero attached hydrogens (tertiary/aromatic N) is 3. The molecule has 186 valence electrons. The highest BCUT2D eigenvalue weighted by atomic mass is 79.9. The molecule has 0 radical (unpaired) electrons. The Morgan fingerprint density at radius 3 is 2.05 bits per heavy atom. The van der Waals surface area contributed by atoms with Gasteiger partial charge in [-0.25, -0.2) is 5.43 Å². The number of aromatic nitrogens is 1. The van der Waals surface area contributed by atoms with Crippen LogP contribution in [-0.4, -0.2) is 21.6 Å². The summed E-state index contributed by atoms with van der Waals surface area (Å²) in [4.78, 5) is 23.0. The zero-order valence-corrected chi connectivity index (χ0v) is 21.6. The maximum absolute atomic E-state index is 12.6. The van der Waals surface area contributed by atoms with Gasteiger partial charge in [-0.15, -0.1) is 0 Å². The summed E-state index contributed by atoms with van der Waals surface area (Å²) in [7, 11) is 0. The second kappa shape index (κ2) is 11.1. The molecule has 0 aliphatic rings. The van der Waals surface area contributed by atoms with E-state index in [1.165, 1.54) is 24.3 Å². The van der Waals surface area contributed by atoms with E-state index in [9.17, 15) is 14.9 Å². The summed E-state index contributed by atoms with van der Waals surface area (Å²) in [5.74, 6) is -0.465. The standard InChI is InChI=1S/C30H21BrN4O3/c31-25-13-17-26(18-14-25)34-28(21-7-3-1-4-8-21)19-24(29(34)22-9-5-2-6-10-22)20-32-33-30(36)23-11-15-27(16-12-23)35(37)38/h1-20H,(H,33,36)/b32-20-. The first-order valence-corrected chi connectivity index (χ1v) is 12.5. The second-order valence-corrected chi connectivity index (χ2v) is 9.30. The van der Waals surface area contributed by atoms with Gasteiger partial charge >= 0.3 is 0 Å². The maximum Gasteiger partial charge on any atom is 0.271 e. The van der Waals surface area contributed by atoms with Crippen molar-refractivity contribution in [3.05, 3.63) is 141 Å². The van der Waals surface area contributed by atoms with Crippen LogP contribution >= 0.6 is 15.9 Å². The monoisotopic (exact) mass is 564 g/mol. The molecule has 0 aliphatic heterocycles. The van der Waals surface area contributed by atoms with E-state index >= 15 is 0 Å². The molecular weight excluding hydrogens is 544 g/mol. The van der Waals surface area contributed by atoms with Crippen LogP contribution in [0.15, 0.2) is 125 Å². The van der Waals surface area contributed by atoms with Crippen LogP contribution in [0.1, 0.15) is 15.9 Å². The van der Waals surface area contributed by atoms with Crippen LogP contribution in [0, 0.1) is 10.1 Å². The number of nitro benzene ring substituents is 1. The Bertz CT molecular complexity index is 1610. The highest BCUT2D eigenvalue weighted by Gasteiger charge is 2.19. The number of amides is 1. The fraction of sp³-hybridized carbons (Fsp3) is 0. The minimum Gasteiger partial charge on any atom is -0.309 e. The number of halogens is 1. The number of hydrogen-bond donors (Lipinski definition) is 1. The molecule has 5 rings (SSSR count). The molecule has 4 aromatic carbocycles. The topological polar surface area (TPSA) is 89.5 Å². The molecule has 38 heavy (non-hydrogen) atoms. The van der Waals surface area contributed by atoms with Crippen molar-refractivity contribution in [2.75, 3.05) is 0 Å². The van der Waals surface area contributed by atoms with Gasteiger partial charge in [0.2, 0.25) is 0 Å². The number of nitrogens with one attached hydrogen (secondary N) is 1. The number of carbonyl (C=O) groups is 1. The van der Waals surface area contributed by atoms with Crippen molar-refractivity contribution in [1.82, 2.24) is 9.99 Å². The minimum atomic E-state index is -0.509. The molecule has 5 aromatic rings. The Hall–Kier alpha value is -4.82. The fourth-order valence-corrected chi connectivity index (χ4v) is 4.42. The Kier molecular flexibility index (Phi) is 7.24. The molecule has 0 saturated carbocycles. The van der Waals surface area contributed by atoms with Gasteiger partial charge in [0.1, 0.15) is 0 Å². The lowest BCUT2D eigenvalue weighted by Gasteiger charge is -2.15. The smallest absolute Gasteiger partial charge is 0.271 e. The van der Waals surface area contributed by atoms with Gasteiger partial charge in [0.15, 0.2) is 0 Å². The van der Waals surface area contributed by atoms with E-state index in [0.717, 1.165) is 38.2 Å². The van der Waals surface area contributed by atoms with Crippen LogP contribution in [0.25, 0.3) is 28.2 Å². The largest absolute Gasteiger partial charge is 0.309 e. The van der Waals surface area contributed by atoms with E-state index in [1.807, 2.05) is 78.9 Å². The number of benzene rings is 4. The summed E-state index contributed by atoms with van der Waals surface area (Å²) < 4.78 is 3.16. The van der Waals surface area contributed by atoms with Crippen LogP contribution in [0.3, 0.4) is 0 Å². The van der Waals surface area contributed by atoms with Gasteiger partial charge < -0.3 is 4.57 Å². The van der Waals surface area contributed by atoms with Crippen molar-refractivity contribution < 1.29 is 9.72 Å². The van der Waals surface area contributed by atoms with Gasteiger partial charge in [-0.2, -0.15) is 5.10 Å². The molecule has 1 aromatic heterocycles. The van der Waals surface area contributed by atoms with Crippen LogP contribution in [0.4, 0.5) is 5.69 Å². The summed E-state index contributed by atoms with van der Waals surface area (Å²) in [5.41, 5.74) is 8.41. The van der Waals surface area contributed by atoms with Crippen molar-refractivity contribution in [2.24, 2.45) is 5.10 Å². The fourth-order valence-electron chi connectivity index (χ4n) is 4.16. The van der Waals surface area contributed by atoms with Crippen LogP contribution in [0.2, 0.25) is 0 Å². The number of hydrogen-bond acceptors (Lipinski definition) is 4. The zero-order chi connectivity index (χ0) is 26.5. The van der Waals surface area contributed by atoms with E-state index in [2.05, 4.69) is 43.2 Å². The molecule has 0 bridgehead atoms. The number of non-ortho nitro benzene ring substituents is 1. The van der Waals surface area contributed by atoms with E-state index < -0.39 is 10.8 Å². The minimum absolute atomic E-state index is 0.0831. The third kappa shape index (κ3) is 5.30. The lowest BCUT2D eigenvalue weighted by molar-refractivity contribution is -0.384. The van der Waals surface area contributed by atoms with E-state index in [1.54, 1.807) is 6.21 Å². The Morgan fingerprint density at radius 2 is 1.45 bits per heavy atom. The normalized spacial score (nSPS) is 11.0. The first-order valence-electron chi connectivity index (χ1n) is 11.7.